The summed E-state index contributed by atoms with van der Waals surface area (Å²) in [6.07, 6.45) is 2.68. The molecule has 1 aliphatic heterocycles. The molecule has 176 valence electrons. The van der Waals surface area contributed by atoms with E-state index in [0.717, 1.165) is 11.1 Å². The van der Waals surface area contributed by atoms with Gasteiger partial charge in [-0.05, 0) is 56.4 Å². The molecule has 2 aromatic carbocycles. The number of ether oxygens (including phenoxy) is 1. The first kappa shape index (κ1) is 23.7. The lowest BCUT2D eigenvalue weighted by Gasteiger charge is -2.32. The van der Waals surface area contributed by atoms with Gasteiger partial charge in [0.1, 0.15) is 6.61 Å². The van der Waals surface area contributed by atoms with E-state index in [4.69, 9.17) is 14.0 Å². The lowest BCUT2D eigenvalue weighted by Crippen LogP contribution is -2.41. The van der Waals surface area contributed by atoms with Gasteiger partial charge < -0.3 is 24.3 Å². The van der Waals surface area contributed by atoms with Crippen molar-refractivity contribution in [3.8, 4) is 0 Å². The number of rotatable bonds is 6. The highest BCUT2D eigenvalue weighted by atomic mass is 16.7. The minimum absolute atomic E-state index is 0.145. The van der Waals surface area contributed by atoms with Gasteiger partial charge in [-0.3, -0.25) is 4.79 Å². The van der Waals surface area contributed by atoms with E-state index in [1.165, 1.54) is 6.33 Å². The molecule has 1 aliphatic rings. The zero-order valence-corrected chi connectivity index (χ0v) is 19.8. The van der Waals surface area contributed by atoms with Crippen LogP contribution in [0.1, 0.15) is 38.8 Å². The second kappa shape index (κ2) is 9.44. The van der Waals surface area contributed by atoms with Crippen molar-refractivity contribution in [3.63, 3.8) is 0 Å². The van der Waals surface area contributed by atoms with E-state index in [0.29, 0.717) is 16.4 Å². The fourth-order valence-electron chi connectivity index (χ4n) is 3.54. The van der Waals surface area contributed by atoms with Crippen molar-refractivity contribution in [3.05, 3.63) is 81.8 Å². The van der Waals surface area contributed by atoms with Crippen LogP contribution >= 0.6 is 0 Å². The second-order valence-corrected chi connectivity index (χ2v) is 9.23. The highest BCUT2D eigenvalue weighted by Gasteiger charge is 2.52. The molecule has 0 aliphatic carbocycles. The monoisotopic (exact) mass is 461 g/mol. The summed E-state index contributed by atoms with van der Waals surface area (Å²) >= 11 is 0. The maximum absolute atomic E-state index is 12.4. The van der Waals surface area contributed by atoms with Gasteiger partial charge in [-0.2, -0.15) is 0 Å². The van der Waals surface area contributed by atoms with Crippen molar-refractivity contribution >= 4 is 30.2 Å². The van der Waals surface area contributed by atoms with E-state index in [1.807, 2.05) is 70.2 Å². The van der Waals surface area contributed by atoms with Crippen LogP contribution in [0.2, 0.25) is 0 Å². The molecule has 4 rings (SSSR count). The third-order valence-corrected chi connectivity index (χ3v) is 6.22. The summed E-state index contributed by atoms with van der Waals surface area (Å²) in [5.74, 6) is 0. The number of hydrogen-bond acceptors (Lipinski definition) is 6. The van der Waals surface area contributed by atoms with Crippen LogP contribution in [0.3, 0.4) is 0 Å². The van der Waals surface area contributed by atoms with Crippen LogP contribution in [0.15, 0.2) is 65.1 Å². The summed E-state index contributed by atoms with van der Waals surface area (Å²) in [5, 5.41) is 3.26. The molecule has 8 nitrogen and oxygen atoms in total. The number of alkyl carbamates (subject to hydrolysis) is 1. The molecule has 0 atom stereocenters. The number of nitrogens with zero attached hydrogens (tertiary/aromatic N) is 1. The first-order valence-electron chi connectivity index (χ1n) is 11.1. The van der Waals surface area contributed by atoms with Crippen LogP contribution in [0.5, 0.6) is 0 Å². The number of H-pyrrole nitrogens is 1. The van der Waals surface area contributed by atoms with Gasteiger partial charge in [0.2, 0.25) is 0 Å². The zero-order chi connectivity index (χ0) is 24.3. The summed E-state index contributed by atoms with van der Waals surface area (Å²) in [7, 11) is -0.678. The van der Waals surface area contributed by atoms with E-state index < -0.39 is 24.4 Å². The Labute approximate surface area is 198 Å². The Hall–Kier alpha value is -3.43. The smallest absolute Gasteiger partial charge is 0.445 e. The normalized spacial score (nSPS) is 17.1. The Morgan fingerprint density at radius 3 is 2.53 bits per heavy atom. The quantitative estimate of drug-likeness (QED) is 0.541. The topological polar surface area (TPSA) is 103 Å². The summed E-state index contributed by atoms with van der Waals surface area (Å²) in [6, 6.07) is 14.8. The van der Waals surface area contributed by atoms with Gasteiger partial charge in [-0.15, -0.1) is 0 Å². The standard InChI is InChI=1S/C25H28BN3O5/c1-24(2)25(3,4)34-26(33-24)19(14-27-23(31)32-15-17-8-6-5-7-9-17)12-18-10-11-21-20(13-18)22(30)29-16-28-21/h5-13,16H,14-15H2,1-4H3,(H,27,31)(H,28,29,30). The zero-order valence-electron chi connectivity index (χ0n) is 19.8. The molecule has 0 unspecified atom stereocenters. The number of carbonyl (C=O) groups excluding carboxylic acids is 1. The predicted molar refractivity (Wildman–Crippen MR) is 131 cm³/mol. The molecule has 9 heteroatoms. The second-order valence-electron chi connectivity index (χ2n) is 9.23. The van der Waals surface area contributed by atoms with Gasteiger partial charge in [0.25, 0.3) is 5.56 Å². The molecule has 1 amide bonds. The van der Waals surface area contributed by atoms with Gasteiger partial charge in [0.05, 0.1) is 28.4 Å². The number of carbonyl (C=O) groups is 1. The van der Waals surface area contributed by atoms with Crippen molar-refractivity contribution in [2.75, 3.05) is 6.54 Å². The first-order chi connectivity index (χ1) is 16.1. The number of fused-ring (bicyclic) bond motifs is 1. The molecule has 3 aromatic rings. The van der Waals surface area contributed by atoms with Crippen molar-refractivity contribution < 1.29 is 18.8 Å². The molecule has 0 bridgehead atoms. The molecule has 2 heterocycles. The number of benzene rings is 2. The predicted octanol–water partition coefficient (Wildman–Crippen LogP) is 3.86. The van der Waals surface area contributed by atoms with Gasteiger partial charge in [0.15, 0.2) is 0 Å². The Kier molecular flexibility index (Phi) is 6.59. The largest absolute Gasteiger partial charge is 0.492 e. The summed E-state index contributed by atoms with van der Waals surface area (Å²) < 4.78 is 17.8. The van der Waals surface area contributed by atoms with Crippen molar-refractivity contribution in [2.24, 2.45) is 0 Å². The van der Waals surface area contributed by atoms with E-state index in [9.17, 15) is 9.59 Å². The highest BCUT2D eigenvalue weighted by molar-refractivity contribution is 6.56. The molecule has 1 saturated heterocycles. The van der Waals surface area contributed by atoms with Crippen molar-refractivity contribution in [1.82, 2.24) is 15.3 Å². The van der Waals surface area contributed by atoms with Crippen LogP contribution in [0.25, 0.3) is 17.0 Å². The van der Waals surface area contributed by atoms with Crippen molar-refractivity contribution in [1.29, 1.82) is 0 Å². The minimum Gasteiger partial charge on any atom is -0.445 e. The Bertz CT molecular complexity index is 1250. The number of aromatic nitrogens is 2. The summed E-state index contributed by atoms with van der Waals surface area (Å²) in [5.41, 5.74) is 1.63. The Morgan fingerprint density at radius 2 is 1.82 bits per heavy atom. The maximum Gasteiger partial charge on any atom is 0.492 e. The third-order valence-electron chi connectivity index (χ3n) is 6.22. The van der Waals surface area contributed by atoms with E-state index in [-0.39, 0.29) is 18.7 Å². The SMILES string of the molecule is CC1(C)OB(C(=Cc2ccc3nc[nH]c(=O)c3c2)CNC(=O)OCc2ccccc2)OC1(C)C. The molecular weight excluding hydrogens is 433 g/mol. The Morgan fingerprint density at radius 1 is 1.12 bits per heavy atom. The van der Waals surface area contributed by atoms with E-state index in [2.05, 4.69) is 15.3 Å². The van der Waals surface area contributed by atoms with Gasteiger partial charge in [-0.25, -0.2) is 9.78 Å². The molecule has 0 radical (unpaired) electrons. The van der Waals surface area contributed by atoms with Crippen LogP contribution < -0.4 is 10.9 Å². The lowest BCUT2D eigenvalue weighted by atomic mass is 9.77. The molecule has 0 spiro atoms. The maximum atomic E-state index is 12.4. The van der Waals surface area contributed by atoms with Crippen molar-refractivity contribution in [2.45, 2.75) is 45.5 Å². The molecule has 1 aromatic heterocycles. The molecule has 0 saturated carbocycles. The summed E-state index contributed by atoms with van der Waals surface area (Å²) in [4.78, 5) is 31.3. The van der Waals surface area contributed by atoms with Crippen LogP contribution in [0, 0.1) is 0 Å². The van der Waals surface area contributed by atoms with Crippen LogP contribution in [0.4, 0.5) is 4.79 Å². The first-order valence-corrected chi connectivity index (χ1v) is 11.1. The highest BCUT2D eigenvalue weighted by Crippen LogP contribution is 2.38. The average Bonchev–Trinajstić information content (AvgIpc) is 3.03. The van der Waals surface area contributed by atoms with Gasteiger partial charge in [0, 0.05) is 6.54 Å². The van der Waals surface area contributed by atoms with Crippen LogP contribution in [-0.4, -0.2) is 40.9 Å². The third kappa shape index (κ3) is 5.21. The van der Waals surface area contributed by atoms with Crippen LogP contribution in [-0.2, 0) is 20.7 Å². The van der Waals surface area contributed by atoms with E-state index >= 15 is 0 Å². The number of amides is 1. The number of aromatic amines is 1. The molecular formula is C25H28BN3O5. The minimum atomic E-state index is -0.678. The van der Waals surface area contributed by atoms with Gasteiger partial charge in [-0.1, -0.05) is 42.5 Å². The molecule has 1 fully saturated rings. The molecule has 2 N–H and O–H groups in total. The molecule has 34 heavy (non-hydrogen) atoms. The van der Waals surface area contributed by atoms with Gasteiger partial charge >= 0.3 is 13.2 Å². The number of hydrogen-bond donors (Lipinski definition) is 2. The lowest BCUT2D eigenvalue weighted by molar-refractivity contribution is 0.00578. The summed E-state index contributed by atoms with van der Waals surface area (Å²) in [6.45, 7) is 8.18. The number of nitrogens with one attached hydrogen (secondary N) is 2. The fourth-order valence-corrected chi connectivity index (χ4v) is 3.54. The fraction of sp³-hybridized carbons (Fsp3) is 0.320. The average molecular weight is 461 g/mol. The van der Waals surface area contributed by atoms with E-state index in [1.54, 1.807) is 12.1 Å². The Balaban J connectivity index is 1.55.